The van der Waals surface area contributed by atoms with Crippen LogP contribution in [-0.4, -0.2) is 24.6 Å². The predicted molar refractivity (Wildman–Crippen MR) is 59.3 cm³/mol. The van der Waals surface area contributed by atoms with Crippen molar-refractivity contribution < 1.29 is 19.4 Å². The van der Waals surface area contributed by atoms with E-state index in [-0.39, 0.29) is 6.61 Å². The lowest BCUT2D eigenvalue weighted by molar-refractivity contribution is 0.251. The minimum Gasteiger partial charge on any atom is -0.496 e. The molecule has 0 aliphatic rings. The van der Waals surface area contributed by atoms with E-state index in [2.05, 4.69) is 0 Å². The first-order valence-corrected chi connectivity index (χ1v) is 5.07. The molecule has 0 bridgehead atoms. The summed E-state index contributed by atoms with van der Waals surface area (Å²) in [6.07, 6.45) is 1.80. The lowest BCUT2D eigenvalue weighted by atomic mass is 10.2. The first-order valence-electron chi connectivity index (χ1n) is 5.07. The van der Waals surface area contributed by atoms with Crippen LogP contribution < -0.4 is 9.47 Å². The largest absolute Gasteiger partial charge is 0.496 e. The molecule has 1 N–H and O–H groups in total. The van der Waals surface area contributed by atoms with Gasteiger partial charge in [0.25, 0.3) is 0 Å². The van der Waals surface area contributed by atoms with Crippen LogP contribution in [-0.2, 0) is 11.4 Å². The van der Waals surface area contributed by atoms with E-state index in [1.807, 2.05) is 6.92 Å². The van der Waals surface area contributed by atoms with Crippen LogP contribution in [0.25, 0.3) is 0 Å². The number of hydrogen-bond donors (Lipinski definition) is 1. The van der Waals surface area contributed by atoms with Crippen molar-refractivity contribution in [2.45, 2.75) is 26.1 Å². The van der Waals surface area contributed by atoms with Gasteiger partial charge in [0, 0.05) is 11.6 Å². The maximum atomic E-state index is 10.5. The van der Waals surface area contributed by atoms with E-state index in [4.69, 9.17) is 14.6 Å². The van der Waals surface area contributed by atoms with Crippen molar-refractivity contribution in [2.24, 2.45) is 0 Å². The Labute approximate surface area is 94.8 Å². The fourth-order valence-corrected chi connectivity index (χ4v) is 1.28. The molecule has 0 aliphatic carbocycles. The van der Waals surface area contributed by atoms with E-state index in [0.29, 0.717) is 23.5 Å². The minimum absolute atomic E-state index is 0.0968. The molecule has 4 nitrogen and oxygen atoms in total. The molecule has 1 radical (unpaired) electrons. The van der Waals surface area contributed by atoms with Crippen molar-refractivity contribution in [2.75, 3.05) is 7.11 Å². The van der Waals surface area contributed by atoms with E-state index < -0.39 is 6.10 Å². The molecule has 1 rings (SSSR count). The molecule has 0 saturated heterocycles. The van der Waals surface area contributed by atoms with Gasteiger partial charge in [-0.15, -0.1) is 0 Å². The summed E-state index contributed by atoms with van der Waals surface area (Å²) in [6, 6.07) is 5.03. The lowest BCUT2D eigenvalue weighted by Gasteiger charge is -2.13. The Morgan fingerprint density at radius 1 is 1.50 bits per heavy atom. The van der Waals surface area contributed by atoms with Crippen LogP contribution in [0.1, 0.15) is 18.9 Å². The molecule has 1 aromatic carbocycles. The zero-order valence-corrected chi connectivity index (χ0v) is 9.40. The first-order chi connectivity index (χ1) is 7.74. The van der Waals surface area contributed by atoms with Crippen molar-refractivity contribution in [3.8, 4) is 11.5 Å². The maximum absolute atomic E-state index is 10.5. The van der Waals surface area contributed by atoms with Crippen LogP contribution >= 0.6 is 0 Å². The second-order valence-electron chi connectivity index (χ2n) is 3.26. The Balaban J connectivity index is 2.86. The average Bonchev–Trinajstić information content (AvgIpc) is 2.35. The number of aliphatic hydroxyl groups excluding tert-OH is 1. The Morgan fingerprint density at radius 3 is 2.75 bits per heavy atom. The fraction of sp³-hybridized carbons (Fsp3) is 0.417. The molecule has 0 heterocycles. The SMILES string of the molecule is CCC([C]=O)Oc1ccc(CO)c(OC)c1. The molecule has 16 heavy (non-hydrogen) atoms. The number of hydrogen-bond acceptors (Lipinski definition) is 4. The third-order valence-electron chi connectivity index (χ3n) is 2.21. The van der Waals surface area contributed by atoms with Gasteiger partial charge in [0.1, 0.15) is 11.5 Å². The summed E-state index contributed by atoms with van der Waals surface area (Å²) in [5, 5.41) is 9.03. The van der Waals surface area contributed by atoms with Gasteiger partial charge in [0.15, 0.2) is 6.10 Å². The van der Waals surface area contributed by atoms with E-state index >= 15 is 0 Å². The van der Waals surface area contributed by atoms with E-state index in [0.717, 1.165) is 0 Å². The second-order valence-corrected chi connectivity index (χ2v) is 3.26. The van der Waals surface area contributed by atoms with E-state index in [9.17, 15) is 4.79 Å². The number of benzene rings is 1. The van der Waals surface area contributed by atoms with Gasteiger partial charge in [-0.25, -0.2) is 0 Å². The number of methoxy groups -OCH3 is 1. The third kappa shape index (κ3) is 2.97. The highest BCUT2D eigenvalue weighted by Gasteiger charge is 2.09. The molecule has 0 aliphatic heterocycles. The van der Waals surface area contributed by atoms with Gasteiger partial charge in [0.2, 0.25) is 6.29 Å². The van der Waals surface area contributed by atoms with E-state index in [1.165, 1.54) is 7.11 Å². The highest BCUT2D eigenvalue weighted by atomic mass is 16.5. The fourth-order valence-electron chi connectivity index (χ4n) is 1.28. The maximum Gasteiger partial charge on any atom is 0.242 e. The summed E-state index contributed by atoms with van der Waals surface area (Å²) in [7, 11) is 1.52. The Bertz CT molecular complexity index is 349. The summed E-state index contributed by atoms with van der Waals surface area (Å²) >= 11 is 0. The Morgan fingerprint density at radius 2 is 2.25 bits per heavy atom. The zero-order chi connectivity index (χ0) is 12.0. The van der Waals surface area contributed by atoms with Crippen molar-refractivity contribution in [3.05, 3.63) is 23.8 Å². The van der Waals surface area contributed by atoms with Gasteiger partial charge < -0.3 is 14.6 Å². The summed E-state index contributed by atoms with van der Waals surface area (Å²) in [6.45, 7) is 1.75. The zero-order valence-electron chi connectivity index (χ0n) is 9.40. The van der Waals surface area contributed by atoms with Gasteiger partial charge in [0.05, 0.1) is 13.7 Å². The first kappa shape index (κ1) is 12.5. The molecule has 0 amide bonds. The molecule has 0 aromatic heterocycles. The molecule has 0 fully saturated rings. The van der Waals surface area contributed by atoms with Gasteiger partial charge in [-0.3, -0.25) is 4.79 Å². The summed E-state index contributed by atoms with van der Waals surface area (Å²) in [5.41, 5.74) is 0.679. The van der Waals surface area contributed by atoms with Crippen LogP contribution in [0, 0.1) is 0 Å². The average molecular weight is 223 g/mol. The standard InChI is InChI=1S/C12H15O4/c1-3-10(8-14)16-11-5-4-9(7-13)12(6-11)15-2/h4-6,10,13H,3,7H2,1-2H3. The number of rotatable bonds is 6. The van der Waals surface area contributed by atoms with Gasteiger partial charge in [-0.2, -0.15) is 0 Å². The van der Waals surface area contributed by atoms with E-state index in [1.54, 1.807) is 24.5 Å². The molecule has 1 aromatic rings. The molecule has 0 saturated carbocycles. The molecule has 4 heteroatoms. The normalized spacial score (nSPS) is 11.9. The summed E-state index contributed by atoms with van der Waals surface area (Å²) in [4.78, 5) is 10.5. The highest BCUT2D eigenvalue weighted by Crippen LogP contribution is 2.25. The highest BCUT2D eigenvalue weighted by molar-refractivity contribution is 5.57. The molecular formula is C12H15O4. The Kier molecular flexibility index (Phi) is 4.79. The van der Waals surface area contributed by atoms with Gasteiger partial charge in [-0.1, -0.05) is 6.92 Å². The third-order valence-corrected chi connectivity index (χ3v) is 2.21. The van der Waals surface area contributed by atoms with Crippen LogP contribution in [0.2, 0.25) is 0 Å². The Hall–Kier alpha value is -1.55. The number of carbonyl (C=O) groups excluding carboxylic acids is 1. The smallest absolute Gasteiger partial charge is 0.242 e. The molecule has 87 valence electrons. The van der Waals surface area contributed by atoms with Crippen molar-refractivity contribution in [3.63, 3.8) is 0 Å². The minimum atomic E-state index is -0.565. The lowest BCUT2D eigenvalue weighted by Crippen LogP contribution is -2.16. The van der Waals surface area contributed by atoms with Crippen LogP contribution in [0.15, 0.2) is 18.2 Å². The van der Waals surface area contributed by atoms with Crippen molar-refractivity contribution in [1.82, 2.24) is 0 Å². The summed E-state index contributed by atoms with van der Waals surface area (Å²) in [5.74, 6) is 1.07. The van der Waals surface area contributed by atoms with Gasteiger partial charge in [-0.05, 0) is 18.6 Å². The second kappa shape index (κ2) is 6.12. The van der Waals surface area contributed by atoms with Crippen molar-refractivity contribution in [1.29, 1.82) is 0 Å². The van der Waals surface area contributed by atoms with Crippen LogP contribution in [0.3, 0.4) is 0 Å². The topological polar surface area (TPSA) is 55.8 Å². The van der Waals surface area contributed by atoms with Crippen molar-refractivity contribution >= 4 is 6.29 Å². The van der Waals surface area contributed by atoms with Crippen LogP contribution in [0.4, 0.5) is 0 Å². The monoisotopic (exact) mass is 223 g/mol. The number of ether oxygens (including phenoxy) is 2. The molecule has 1 atom stereocenters. The van der Waals surface area contributed by atoms with Gasteiger partial charge >= 0.3 is 0 Å². The molecular weight excluding hydrogens is 208 g/mol. The molecule has 0 spiro atoms. The van der Waals surface area contributed by atoms with Crippen LogP contribution in [0.5, 0.6) is 11.5 Å². The molecule has 1 unspecified atom stereocenters. The number of aliphatic hydroxyl groups is 1. The predicted octanol–water partition coefficient (Wildman–Crippen LogP) is 1.45. The quantitative estimate of drug-likeness (QED) is 0.793. The summed E-state index contributed by atoms with van der Waals surface area (Å²) < 4.78 is 10.5.